The lowest BCUT2D eigenvalue weighted by Gasteiger charge is -2.30. The molecule has 2 N–H and O–H groups in total. The number of hydrogen-bond acceptors (Lipinski definition) is 3. The second kappa shape index (κ2) is 5.04. The summed E-state index contributed by atoms with van der Waals surface area (Å²) in [5.41, 5.74) is 5.57. The number of carbonyl (C=O) groups is 2. The Kier molecular flexibility index (Phi) is 4.14. The van der Waals surface area contributed by atoms with Crippen LogP contribution in [0, 0.1) is 11.3 Å². The highest BCUT2D eigenvalue weighted by Crippen LogP contribution is 2.20. The molecule has 17 heavy (non-hydrogen) atoms. The average molecular weight is 241 g/mol. The van der Waals surface area contributed by atoms with Crippen molar-refractivity contribution in [2.45, 2.75) is 20.3 Å². The van der Waals surface area contributed by atoms with Gasteiger partial charge in [-0.05, 0) is 12.0 Å². The van der Waals surface area contributed by atoms with E-state index in [0.29, 0.717) is 26.1 Å². The minimum absolute atomic E-state index is 0.0456. The molecule has 1 fully saturated rings. The SMILES string of the molecule is CN1CC(C(=O)N(C)CC(C)(C)CN)CC1=O. The van der Waals surface area contributed by atoms with Crippen LogP contribution in [0.1, 0.15) is 20.3 Å². The lowest BCUT2D eigenvalue weighted by atomic mass is 9.92. The molecule has 0 bridgehead atoms. The molecule has 0 aromatic heterocycles. The largest absolute Gasteiger partial charge is 0.345 e. The number of carbonyl (C=O) groups excluding carboxylic acids is 2. The van der Waals surface area contributed by atoms with Crippen LogP contribution in [-0.2, 0) is 9.59 Å². The molecule has 0 aromatic carbocycles. The Morgan fingerprint density at radius 3 is 2.59 bits per heavy atom. The van der Waals surface area contributed by atoms with Crippen molar-refractivity contribution in [2.75, 3.05) is 33.7 Å². The Morgan fingerprint density at radius 1 is 1.59 bits per heavy atom. The molecule has 1 heterocycles. The van der Waals surface area contributed by atoms with Crippen molar-refractivity contribution in [1.29, 1.82) is 0 Å². The van der Waals surface area contributed by atoms with Gasteiger partial charge < -0.3 is 15.5 Å². The van der Waals surface area contributed by atoms with E-state index in [1.807, 2.05) is 13.8 Å². The van der Waals surface area contributed by atoms with Crippen molar-refractivity contribution >= 4 is 11.8 Å². The molecule has 1 rings (SSSR count). The van der Waals surface area contributed by atoms with Crippen molar-refractivity contribution in [3.05, 3.63) is 0 Å². The number of nitrogens with two attached hydrogens (primary N) is 1. The van der Waals surface area contributed by atoms with E-state index >= 15 is 0 Å². The first-order valence-corrected chi connectivity index (χ1v) is 5.96. The van der Waals surface area contributed by atoms with Crippen molar-refractivity contribution in [1.82, 2.24) is 9.80 Å². The van der Waals surface area contributed by atoms with Gasteiger partial charge in [0, 0.05) is 33.6 Å². The van der Waals surface area contributed by atoms with Crippen LogP contribution < -0.4 is 5.73 Å². The average Bonchev–Trinajstić information content (AvgIpc) is 2.57. The van der Waals surface area contributed by atoms with Crippen molar-refractivity contribution in [2.24, 2.45) is 17.1 Å². The number of likely N-dealkylation sites (tertiary alicyclic amines) is 1. The van der Waals surface area contributed by atoms with Crippen LogP contribution in [0.25, 0.3) is 0 Å². The van der Waals surface area contributed by atoms with Gasteiger partial charge in [-0.1, -0.05) is 13.8 Å². The molecular weight excluding hydrogens is 218 g/mol. The van der Waals surface area contributed by atoms with E-state index in [9.17, 15) is 9.59 Å². The molecule has 0 aromatic rings. The predicted octanol–water partition coefficient (Wildman–Crippen LogP) is -0.0920. The zero-order valence-corrected chi connectivity index (χ0v) is 11.2. The third-order valence-corrected chi connectivity index (χ3v) is 3.28. The highest BCUT2D eigenvalue weighted by Gasteiger charge is 2.34. The maximum Gasteiger partial charge on any atom is 0.227 e. The Balaban J connectivity index is 2.56. The first-order chi connectivity index (χ1) is 7.76. The molecular formula is C12H23N3O2. The fourth-order valence-corrected chi connectivity index (χ4v) is 2.13. The van der Waals surface area contributed by atoms with E-state index in [1.165, 1.54) is 0 Å². The normalized spacial score (nSPS) is 20.9. The molecule has 0 aliphatic carbocycles. The van der Waals surface area contributed by atoms with Gasteiger partial charge in [0.25, 0.3) is 0 Å². The Labute approximate surface area is 103 Å². The van der Waals surface area contributed by atoms with Crippen molar-refractivity contribution in [3.63, 3.8) is 0 Å². The fraction of sp³-hybridized carbons (Fsp3) is 0.833. The van der Waals surface area contributed by atoms with Crippen molar-refractivity contribution < 1.29 is 9.59 Å². The molecule has 5 heteroatoms. The first kappa shape index (κ1) is 14.0. The molecule has 1 saturated heterocycles. The zero-order valence-electron chi connectivity index (χ0n) is 11.2. The summed E-state index contributed by atoms with van der Waals surface area (Å²) >= 11 is 0. The second-order valence-corrected chi connectivity index (χ2v) is 5.74. The summed E-state index contributed by atoms with van der Waals surface area (Å²) in [5.74, 6) is -0.0925. The summed E-state index contributed by atoms with van der Waals surface area (Å²) in [7, 11) is 3.52. The standard InChI is InChI=1S/C12H23N3O2/c1-12(2,7-13)8-15(4)11(17)9-5-10(16)14(3)6-9/h9H,5-8,13H2,1-4H3. The molecule has 98 valence electrons. The van der Waals surface area contributed by atoms with Crippen LogP contribution in [0.3, 0.4) is 0 Å². The Morgan fingerprint density at radius 2 is 2.18 bits per heavy atom. The second-order valence-electron chi connectivity index (χ2n) is 5.74. The molecule has 0 spiro atoms. The van der Waals surface area contributed by atoms with E-state index in [1.54, 1.807) is 23.9 Å². The smallest absolute Gasteiger partial charge is 0.227 e. The van der Waals surface area contributed by atoms with E-state index < -0.39 is 0 Å². The Hall–Kier alpha value is -1.10. The molecule has 1 atom stereocenters. The van der Waals surface area contributed by atoms with Gasteiger partial charge in [0.05, 0.1) is 5.92 Å². The zero-order chi connectivity index (χ0) is 13.2. The van der Waals surface area contributed by atoms with Gasteiger partial charge in [-0.25, -0.2) is 0 Å². The molecule has 1 aliphatic heterocycles. The third-order valence-electron chi connectivity index (χ3n) is 3.28. The summed E-state index contributed by atoms with van der Waals surface area (Å²) in [6.07, 6.45) is 0.336. The van der Waals surface area contributed by atoms with Crippen LogP contribution in [0.15, 0.2) is 0 Å². The molecule has 0 saturated carbocycles. The lowest BCUT2D eigenvalue weighted by molar-refractivity contribution is -0.135. The summed E-state index contributed by atoms with van der Waals surface area (Å²) < 4.78 is 0. The quantitative estimate of drug-likeness (QED) is 0.748. The van der Waals surface area contributed by atoms with Crippen LogP contribution in [0.5, 0.6) is 0 Å². The minimum atomic E-state index is -0.189. The number of hydrogen-bond donors (Lipinski definition) is 1. The molecule has 1 aliphatic rings. The third kappa shape index (κ3) is 3.43. The number of nitrogens with zero attached hydrogens (tertiary/aromatic N) is 2. The summed E-state index contributed by atoms with van der Waals surface area (Å²) in [4.78, 5) is 26.8. The van der Waals surface area contributed by atoms with E-state index in [2.05, 4.69) is 0 Å². The minimum Gasteiger partial charge on any atom is -0.345 e. The van der Waals surface area contributed by atoms with Gasteiger partial charge in [0.1, 0.15) is 0 Å². The molecule has 1 unspecified atom stereocenters. The van der Waals surface area contributed by atoms with Crippen LogP contribution >= 0.6 is 0 Å². The lowest BCUT2D eigenvalue weighted by Crippen LogP contribution is -2.42. The number of amides is 2. The van der Waals surface area contributed by atoms with E-state index in [0.717, 1.165) is 0 Å². The predicted molar refractivity (Wildman–Crippen MR) is 66.2 cm³/mol. The monoisotopic (exact) mass is 241 g/mol. The maximum absolute atomic E-state index is 12.1. The van der Waals surface area contributed by atoms with Gasteiger partial charge in [0.15, 0.2) is 0 Å². The fourth-order valence-electron chi connectivity index (χ4n) is 2.13. The molecule has 0 radical (unpaired) electrons. The van der Waals surface area contributed by atoms with Crippen LogP contribution in [0.4, 0.5) is 0 Å². The topological polar surface area (TPSA) is 66.6 Å². The Bertz CT molecular complexity index is 315. The highest BCUT2D eigenvalue weighted by atomic mass is 16.2. The van der Waals surface area contributed by atoms with Gasteiger partial charge in [-0.15, -0.1) is 0 Å². The van der Waals surface area contributed by atoms with Gasteiger partial charge >= 0.3 is 0 Å². The van der Waals surface area contributed by atoms with E-state index in [4.69, 9.17) is 5.73 Å². The molecule has 2 amide bonds. The summed E-state index contributed by atoms with van der Waals surface area (Å²) in [6.45, 7) is 5.75. The van der Waals surface area contributed by atoms with Crippen molar-refractivity contribution in [3.8, 4) is 0 Å². The van der Waals surface area contributed by atoms with Gasteiger partial charge in [0.2, 0.25) is 11.8 Å². The highest BCUT2D eigenvalue weighted by molar-refractivity contribution is 5.89. The van der Waals surface area contributed by atoms with Crippen LogP contribution in [0.2, 0.25) is 0 Å². The summed E-state index contributed by atoms with van der Waals surface area (Å²) in [5, 5.41) is 0. The van der Waals surface area contributed by atoms with E-state index in [-0.39, 0.29) is 23.1 Å². The first-order valence-electron chi connectivity index (χ1n) is 5.96. The van der Waals surface area contributed by atoms with Crippen LogP contribution in [-0.4, -0.2) is 55.3 Å². The van der Waals surface area contributed by atoms with Gasteiger partial charge in [-0.3, -0.25) is 9.59 Å². The molecule has 5 nitrogen and oxygen atoms in total. The summed E-state index contributed by atoms with van der Waals surface area (Å²) in [6, 6.07) is 0. The number of rotatable bonds is 4. The van der Waals surface area contributed by atoms with Gasteiger partial charge in [-0.2, -0.15) is 0 Å². The maximum atomic E-state index is 12.1.